The number of hydrogen-bond acceptors (Lipinski definition) is 4. The molecule has 8 nitrogen and oxygen atoms in total. The van der Waals surface area contributed by atoms with E-state index in [4.69, 9.17) is 14.9 Å². The molecule has 1 unspecified atom stereocenters. The molecule has 0 fully saturated rings. The first-order valence-electron chi connectivity index (χ1n) is 5.82. The summed E-state index contributed by atoms with van der Waals surface area (Å²) in [7, 11) is -4.43. The zero-order valence-corrected chi connectivity index (χ0v) is 13.0. The topological polar surface area (TPSA) is 132 Å². The van der Waals surface area contributed by atoms with E-state index in [0.717, 1.165) is 0 Å². The molecule has 0 aromatic carbocycles. The minimum Gasteiger partial charge on any atom is -0.479 e. The Morgan fingerprint density at radius 2 is 2.10 bits per heavy atom. The number of aromatic nitrogens is 2. The minimum atomic E-state index is -4.43. The predicted molar refractivity (Wildman–Crippen MR) is 76.5 cm³/mol. The molecule has 2 aromatic rings. The van der Waals surface area contributed by atoms with Gasteiger partial charge in [-0.3, -0.25) is 4.57 Å². The predicted octanol–water partition coefficient (Wildman–Crippen LogP) is 0.278. The number of fused-ring (bicyclic) bond motifs is 1. The Kier molecular flexibility index (Phi) is 4.50. The van der Waals surface area contributed by atoms with Gasteiger partial charge in [-0.25, -0.2) is 9.78 Å². The lowest BCUT2D eigenvalue weighted by atomic mass is 10.1. The summed E-state index contributed by atoms with van der Waals surface area (Å²) >= 11 is 3.29. The van der Waals surface area contributed by atoms with Crippen LogP contribution in [0.4, 0.5) is 0 Å². The normalized spacial score (nSPS) is 13.5. The molecule has 10 heteroatoms. The second kappa shape index (κ2) is 5.86. The Labute approximate surface area is 127 Å². The average Bonchev–Trinajstić information content (AvgIpc) is 2.77. The van der Waals surface area contributed by atoms with Crippen molar-refractivity contribution in [2.45, 2.75) is 18.9 Å². The Hall–Kier alpha value is -1.25. The van der Waals surface area contributed by atoms with Crippen LogP contribution in [0.5, 0.6) is 0 Å². The average molecular weight is 379 g/mol. The van der Waals surface area contributed by atoms with E-state index in [9.17, 15) is 14.5 Å². The summed E-state index contributed by atoms with van der Waals surface area (Å²) in [6, 6.07) is 1.57. The zero-order chi connectivity index (χ0) is 15.8. The van der Waals surface area contributed by atoms with Gasteiger partial charge in [0.25, 0.3) is 0 Å². The van der Waals surface area contributed by atoms with E-state index in [2.05, 4.69) is 20.9 Å². The monoisotopic (exact) mass is 378 g/mol. The van der Waals surface area contributed by atoms with Gasteiger partial charge in [0, 0.05) is 16.9 Å². The number of aliphatic hydroxyl groups excluding tert-OH is 1. The summed E-state index contributed by atoms with van der Waals surface area (Å²) in [5.41, 5.74) is 0.706. The van der Waals surface area contributed by atoms with Crippen molar-refractivity contribution in [2.75, 3.05) is 0 Å². The molecule has 0 saturated heterocycles. The molecule has 2 rings (SSSR count). The summed E-state index contributed by atoms with van der Waals surface area (Å²) < 4.78 is 13.2. The molecule has 4 N–H and O–H groups in total. The number of carboxylic acids is 1. The number of halogens is 1. The second-order valence-electron chi connectivity index (χ2n) is 4.45. The van der Waals surface area contributed by atoms with Gasteiger partial charge >= 0.3 is 13.6 Å². The molecule has 0 aliphatic rings. The van der Waals surface area contributed by atoms with Crippen LogP contribution in [-0.4, -0.2) is 41.5 Å². The third-order valence-electron chi connectivity index (χ3n) is 2.88. The van der Waals surface area contributed by atoms with Crippen molar-refractivity contribution in [2.24, 2.45) is 0 Å². The highest BCUT2D eigenvalue weighted by Gasteiger charge is 2.22. The molecule has 21 heavy (non-hydrogen) atoms. The van der Waals surface area contributed by atoms with Crippen molar-refractivity contribution in [3.05, 3.63) is 28.5 Å². The van der Waals surface area contributed by atoms with Crippen molar-refractivity contribution in [3.8, 4) is 0 Å². The van der Waals surface area contributed by atoms with Crippen LogP contribution >= 0.6 is 23.5 Å². The van der Waals surface area contributed by atoms with Crippen LogP contribution in [0.15, 0.2) is 22.9 Å². The van der Waals surface area contributed by atoms with E-state index in [1.54, 1.807) is 12.3 Å². The molecule has 114 valence electrons. The van der Waals surface area contributed by atoms with Gasteiger partial charge < -0.3 is 24.4 Å². The van der Waals surface area contributed by atoms with Crippen LogP contribution < -0.4 is 5.44 Å². The molecule has 0 bridgehead atoms. The summed E-state index contributed by atoms with van der Waals surface area (Å²) in [6.45, 7) is 0. The van der Waals surface area contributed by atoms with Crippen LogP contribution in [0, 0.1) is 0 Å². The molecular formula is C11H12BrN2O6P. The molecule has 0 radical (unpaired) electrons. The van der Waals surface area contributed by atoms with Crippen LogP contribution in [0.3, 0.4) is 0 Å². The van der Waals surface area contributed by atoms with E-state index in [0.29, 0.717) is 15.7 Å². The number of aliphatic carboxylic acids is 1. The fourth-order valence-corrected chi connectivity index (χ4v) is 2.79. The van der Waals surface area contributed by atoms with Crippen LogP contribution in [-0.2, 0) is 15.8 Å². The maximum atomic E-state index is 11.2. The van der Waals surface area contributed by atoms with Crippen molar-refractivity contribution >= 4 is 40.6 Å². The third-order valence-corrected chi connectivity index (χ3v) is 4.43. The Morgan fingerprint density at radius 3 is 2.67 bits per heavy atom. The SMILES string of the molecule is O=C(O)C(O)CCc1cn2cc(P(=O)(O)O)nc2cc1Br. The molecule has 0 spiro atoms. The Bertz CT molecular complexity index is 740. The number of nitrogens with zero attached hydrogens (tertiary/aromatic N) is 2. The number of carboxylic acid groups (broad SMARTS) is 1. The third kappa shape index (κ3) is 3.69. The van der Waals surface area contributed by atoms with E-state index < -0.39 is 19.7 Å². The van der Waals surface area contributed by atoms with Gasteiger partial charge in [0.05, 0.1) is 0 Å². The molecule has 0 aliphatic carbocycles. The highest BCUT2D eigenvalue weighted by molar-refractivity contribution is 9.10. The van der Waals surface area contributed by atoms with Crippen LogP contribution in [0.2, 0.25) is 0 Å². The molecule has 0 amide bonds. The number of aryl methyl sites for hydroxylation is 1. The maximum absolute atomic E-state index is 11.2. The Balaban J connectivity index is 2.31. The van der Waals surface area contributed by atoms with E-state index in [1.807, 2.05) is 0 Å². The lowest BCUT2D eigenvalue weighted by molar-refractivity contribution is -0.146. The fourth-order valence-electron chi connectivity index (χ4n) is 1.78. The van der Waals surface area contributed by atoms with Gasteiger partial charge in [-0.05, 0) is 24.5 Å². The number of pyridine rings is 1. The number of carbonyl (C=O) groups is 1. The van der Waals surface area contributed by atoms with E-state index in [1.165, 1.54) is 10.6 Å². The van der Waals surface area contributed by atoms with Crippen LogP contribution in [0.1, 0.15) is 12.0 Å². The first kappa shape index (κ1) is 16.1. The lowest BCUT2D eigenvalue weighted by Gasteiger charge is -2.08. The second-order valence-corrected chi connectivity index (χ2v) is 6.85. The van der Waals surface area contributed by atoms with Gasteiger partial charge in [-0.2, -0.15) is 0 Å². The zero-order valence-electron chi connectivity index (χ0n) is 10.5. The lowest BCUT2D eigenvalue weighted by Crippen LogP contribution is -2.20. The fraction of sp³-hybridized carbons (Fsp3) is 0.273. The van der Waals surface area contributed by atoms with Crippen molar-refractivity contribution in [1.29, 1.82) is 0 Å². The maximum Gasteiger partial charge on any atom is 0.376 e. The van der Waals surface area contributed by atoms with Crippen molar-refractivity contribution in [3.63, 3.8) is 0 Å². The van der Waals surface area contributed by atoms with E-state index >= 15 is 0 Å². The minimum absolute atomic E-state index is 0.0273. The number of aliphatic hydroxyl groups is 1. The first-order valence-corrected chi connectivity index (χ1v) is 8.23. The largest absolute Gasteiger partial charge is 0.479 e. The summed E-state index contributed by atoms with van der Waals surface area (Å²) in [4.78, 5) is 32.6. The van der Waals surface area contributed by atoms with Gasteiger partial charge in [-0.1, -0.05) is 15.9 Å². The smallest absolute Gasteiger partial charge is 0.376 e. The summed E-state index contributed by atoms with van der Waals surface area (Å²) in [6.07, 6.45) is 1.66. The molecular weight excluding hydrogens is 367 g/mol. The Morgan fingerprint density at radius 1 is 1.43 bits per heavy atom. The van der Waals surface area contributed by atoms with Crippen molar-refractivity contribution < 1.29 is 29.4 Å². The van der Waals surface area contributed by atoms with E-state index in [-0.39, 0.29) is 18.3 Å². The number of imidazole rings is 1. The number of hydrogen-bond donors (Lipinski definition) is 4. The summed E-state index contributed by atoms with van der Waals surface area (Å²) in [5, 5.41) is 17.9. The van der Waals surface area contributed by atoms with Gasteiger partial charge in [-0.15, -0.1) is 0 Å². The molecule has 1 atom stereocenters. The number of rotatable bonds is 5. The summed E-state index contributed by atoms with van der Waals surface area (Å²) in [5.74, 6) is -1.29. The van der Waals surface area contributed by atoms with Gasteiger partial charge in [0.2, 0.25) is 0 Å². The van der Waals surface area contributed by atoms with Gasteiger partial charge in [0.15, 0.2) is 11.5 Å². The molecule has 0 aliphatic heterocycles. The highest BCUT2D eigenvalue weighted by atomic mass is 79.9. The van der Waals surface area contributed by atoms with Gasteiger partial charge in [0.1, 0.15) is 5.65 Å². The molecule has 2 heterocycles. The highest BCUT2D eigenvalue weighted by Crippen LogP contribution is 2.33. The van der Waals surface area contributed by atoms with Crippen LogP contribution in [0.25, 0.3) is 5.65 Å². The molecule has 0 saturated carbocycles. The first-order chi connectivity index (χ1) is 9.68. The standard InChI is InChI=1S/C11H12BrN2O6P/c12-7-3-9-13-10(21(18,19)20)5-14(9)4-6(7)1-2-8(15)11(16)17/h3-5,8,15H,1-2H2,(H,16,17)(H2,18,19,20). The quantitative estimate of drug-likeness (QED) is 0.549. The van der Waals surface area contributed by atoms with Crippen molar-refractivity contribution in [1.82, 2.24) is 9.38 Å². The molecule has 2 aromatic heterocycles.